The summed E-state index contributed by atoms with van der Waals surface area (Å²) in [6.07, 6.45) is 0. The minimum absolute atomic E-state index is 0.277. The zero-order chi connectivity index (χ0) is 12.2. The normalized spacial score (nSPS) is 11.7. The van der Waals surface area contributed by atoms with Crippen LogP contribution in [0, 0.1) is 0 Å². The summed E-state index contributed by atoms with van der Waals surface area (Å²) in [5.41, 5.74) is 1.88. The Balaban J connectivity index is 2.51. The molecule has 0 radical (unpaired) electrons. The summed E-state index contributed by atoms with van der Waals surface area (Å²) in [5, 5.41) is 1.34. The van der Waals surface area contributed by atoms with Gasteiger partial charge >= 0.3 is 0 Å². The highest BCUT2D eigenvalue weighted by molar-refractivity contribution is 6.34. The molecule has 0 saturated carbocycles. The largest absolute Gasteiger partial charge is 0.231 e. The number of benzene rings is 1. The van der Waals surface area contributed by atoms with E-state index in [0.717, 1.165) is 15.8 Å². The molecule has 0 unspecified atom stereocenters. The Bertz CT molecular complexity index is 366. The van der Waals surface area contributed by atoms with Crippen LogP contribution >= 0.6 is 0 Å². The molecule has 3 heteroatoms. The average Bonchev–Trinajstić information content (AvgIpc) is 2.16. The molecule has 0 spiro atoms. The van der Waals surface area contributed by atoms with Crippen molar-refractivity contribution >= 4 is 21.0 Å². The molecule has 1 aromatic carbocycles. The number of hydrogen-bond acceptors (Lipinski definition) is 2. The van der Waals surface area contributed by atoms with E-state index >= 15 is 0 Å². The molecular weight excluding hydrogens is 216 g/mol. The third kappa shape index (κ3) is 4.31. The Morgan fingerprint density at radius 2 is 1.94 bits per heavy atom. The number of rotatable bonds is 4. The van der Waals surface area contributed by atoms with E-state index in [2.05, 4.69) is 18.7 Å². The van der Waals surface area contributed by atoms with Gasteiger partial charge in [0.05, 0.1) is 5.60 Å². The molecule has 0 aromatic heterocycles. The first kappa shape index (κ1) is 13.2. The van der Waals surface area contributed by atoms with Gasteiger partial charge in [0.25, 0.3) is 0 Å². The van der Waals surface area contributed by atoms with Crippen molar-refractivity contribution in [2.24, 2.45) is 0 Å². The average molecular weight is 236 g/mol. The van der Waals surface area contributed by atoms with Gasteiger partial charge in [-0.25, -0.2) is 9.78 Å². The first-order valence-electron chi connectivity index (χ1n) is 5.44. The SMILES string of the molecule is C=C(COOC(C)(C)C)c1ccccc1[SiH3]. The van der Waals surface area contributed by atoms with E-state index < -0.39 is 0 Å². The van der Waals surface area contributed by atoms with E-state index in [1.165, 1.54) is 10.8 Å². The Morgan fingerprint density at radius 1 is 1.31 bits per heavy atom. The van der Waals surface area contributed by atoms with E-state index in [9.17, 15) is 0 Å². The molecule has 16 heavy (non-hydrogen) atoms. The molecule has 0 fully saturated rings. The standard InChI is InChI=1S/C13H20O2Si/c1-10(9-14-15-13(2,3)4)11-7-5-6-8-12(11)16/h5-8H,1,9H2,2-4,16H3. The molecule has 1 aromatic rings. The lowest BCUT2D eigenvalue weighted by molar-refractivity contribution is -0.340. The van der Waals surface area contributed by atoms with Gasteiger partial charge in [-0.3, -0.25) is 0 Å². The van der Waals surface area contributed by atoms with Crippen molar-refractivity contribution in [1.82, 2.24) is 0 Å². The smallest absolute Gasteiger partial charge is 0.107 e. The topological polar surface area (TPSA) is 18.5 Å². The van der Waals surface area contributed by atoms with Crippen molar-refractivity contribution in [1.29, 1.82) is 0 Å². The second-order valence-corrected chi connectivity index (χ2v) is 5.95. The van der Waals surface area contributed by atoms with E-state index in [1.54, 1.807) is 0 Å². The van der Waals surface area contributed by atoms with Crippen LogP contribution in [0.5, 0.6) is 0 Å². The molecule has 0 aliphatic carbocycles. The summed E-state index contributed by atoms with van der Waals surface area (Å²) in [4.78, 5) is 10.4. The van der Waals surface area contributed by atoms with Crippen molar-refractivity contribution in [3.05, 3.63) is 36.4 Å². The minimum Gasteiger partial charge on any atom is -0.231 e. The number of hydrogen-bond donors (Lipinski definition) is 0. The van der Waals surface area contributed by atoms with Gasteiger partial charge in [-0.05, 0) is 31.9 Å². The van der Waals surface area contributed by atoms with Gasteiger partial charge in [-0.1, -0.05) is 36.0 Å². The van der Waals surface area contributed by atoms with Crippen LogP contribution in [0.2, 0.25) is 0 Å². The fourth-order valence-electron chi connectivity index (χ4n) is 1.32. The van der Waals surface area contributed by atoms with Crippen LogP contribution in [0.3, 0.4) is 0 Å². The molecule has 0 N–H and O–H groups in total. The molecule has 1 rings (SSSR count). The maximum Gasteiger partial charge on any atom is 0.107 e. The second kappa shape index (κ2) is 5.43. The van der Waals surface area contributed by atoms with Gasteiger partial charge in [-0.15, -0.1) is 0 Å². The van der Waals surface area contributed by atoms with Crippen molar-refractivity contribution in [2.75, 3.05) is 6.61 Å². The lowest BCUT2D eigenvalue weighted by Gasteiger charge is -2.18. The molecule has 0 atom stereocenters. The molecule has 0 aliphatic rings. The predicted octanol–water partition coefficient (Wildman–Crippen LogP) is 1.44. The summed E-state index contributed by atoms with van der Waals surface area (Å²) in [6.45, 7) is 10.3. The van der Waals surface area contributed by atoms with E-state index in [0.29, 0.717) is 6.61 Å². The molecule has 0 aliphatic heterocycles. The van der Waals surface area contributed by atoms with E-state index in [4.69, 9.17) is 9.78 Å². The van der Waals surface area contributed by atoms with Crippen molar-refractivity contribution < 1.29 is 9.78 Å². The van der Waals surface area contributed by atoms with Crippen molar-refractivity contribution in [2.45, 2.75) is 26.4 Å². The van der Waals surface area contributed by atoms with Crippen LogP contribution in [0.4, 0.5) is 0 Å². The highest BCUT2D eigenvalue weighted by atomic mass is 28.1. The van der Waals surface area contributed by atoms with Crippen LogP contribution < -0.4 is 5.19 Å². The Kier molecular flexibility index (Phi) is 4.47. The highest BCUT2D eigenvalue weighted by Crippen LogP contribution is 2.12. The first-order valence-corrected chi connectivity index (χ1v) is 6.44. The van der Waals surface area contributed by atoms with Crippen molar-refractivity contribution in [3.63, 3.8) is 0 Å². The highest BCUT2D eigenvalue weighted by Gasteiger charge is 2.12. The van der Waals surface area contributed by atoms with Crippen LogP contribution in [-0.2, 0) is 9.78 Å². The van der Waals surface area contributed by atoms with Gasteiger partial charge in [0.1, 0.15) is 6.61 Å². The maximum atomic E-state index is 5.21. The Hall–Kier alpha value is -0.903. The third-order valence-electron chi connectivity index (χ3n) is 2.07. The van der Waals surface area contributed by atoms with Crippen LogP contribution in [-0.4, -0.2) is 22.5 Å². The van der Waals surface area contributed by atoms with Crippen molar-refractivity contribution in [3.8, 4) is 0 Å². The summed E-state index contributed by atoms with van der Waals surface area (Å²) >= 11 is 0. The Morgan fingerprint density at radius 3 is 2.50 bits per heavy atom. The summed E-state index contributed by atoms with van der Waals surface area (Å²) in [5.74, 6) is 0. The van der Waals surface area contributed by atoms with Gasteiger partial charge in [0.15, 0.2) is 0 Å². The second-order valence-electron chi connectivity index (χ2n) is 4.88. The summed E-state index contributed by atoms with van der Waals surface area (Å²) in [6, 6.07) is 8.26. The molecule has 0 heterocycles. The molecular formula is C13H20O2Si. The zero-order valence-electron chi connectivity index (χ0n) is 10.5. The quantitative estimate of drug-likeness (QED) is 0.447. The minimum atomic E-state index is -0.277. The Labute approximate surface area is 101 Å². The molecule has 88 valence electrons. The monoisotopic (exact) mass is 236 g/mol. The summed E-state index contributed by atoms with van der Waals surface area (Å²) in [7, 11) is 1.02. The first-order chi connectivity index (χ1) is 7.40. The van der Waals surface area contributed by atoms with Crippen LogP contribution in [0.25, 0.3) is 5.57 Å². The van der Waals surface area contributed by atoms with Gasteiger partial charge < -0.3 is 0 Å². The van der Waals surface area contributed by atoms with Gasteiger partial charge in [-0.2, -0.15) is 0 Å². The molecule has 0 amide bonds. The summed E-state index contributed by atoms with van der Waals surface area (Å²) < 4.78 is 0. The van der Waals surface area contributed by atoms with Gasteiger partial charge in [0, 0.05) is 10.2 Å². The van der Waals surface area contributed by atoms with E-state index in [1.807, 2.05) is 32.9 Å². The lowest BCUT2D eigenvalue weighted by atomic mass is 10.1. The zero-order valence-corrected chi connectivity index (χ0v) is 12.5. The van der Waals surface area contributed by atoms with Crippen LogP contribution in [0.1, 0.15) is 26.3 Å². The molecule has 0 bridgehead atoms. The third-order valence-corrected chi connectivity index (χ3v) is 2.94. The van der Waals surface area contributed by atoms with Gasteiger partial charge in [0.2, 0.25) is 0 Å². The maximum absolute atomic E-state index is 5.21. The van der Waals surface area contributed by atoms with E-state index in [-0.39, 0.29) is 5.60 Å². The fourth-order valence-corrected chi connectivity index (χ4v) is 2.04. The lowest BCUT2D eigenvalue weighted by Crippen LogP contribution is -2.20. The molecule has 0 saturated heterocycles. The predicted molar refractivity (Wildman–Crippen MR) is 71.8 cm³/mol. The molecule has 2 nitrogen and oxygen atoms in total. The van der Waals surface area contributed by atoms with Crippen LogP contribution in [0.15, 0.2) is 30.8 Å². The fraction of sp³-hybridized carbons (Fsp3) is 0.385.